The average molecular weight is 295 g/mol. The maximum absolute atomic E-state index is 11.8. The summed E-state index contributed by atoms with van der Waals surface area (Å²) in [6.45, 7) is 2.73. The number of carboxylic acids is 1. The van der Waals surface area contributed by atoms with Crippen molar-refractivity contribution < 1.29 is 14.7 Å². The quantitative estimate of drug-likeness (QED) is 0.792. The number of hydrogen-bond acceptors (Lipinski definition) is 4. The molecule has 3 N–H and O–H groups in total. The third-order valence-electron chi connectivity index (χ3n) is 3.17. The van der Waals surface area contributed by atoms with Gasteiger partial charge in [0.05, 0.1) is 17.4 Å². The highest BCUT2D eigenvalue weighted by molar-refractivity contribution is 8.00. The molecule has 0 aliphatic carbocycles. The highest BCUT2D eigenvalue weighted by atomic mass is 32.2. The van der Waals surface area contributed by atoms with Crippen molar-refractivity contribution in [3.63, 3.8) is 0 Å². The van der Waals surface area contributed by atoms with E-state index in [0.717, 1.165) is 12.2 Å². The Morgan fingerprint density at radius 2 is 2.30 bits per heavy atom. The molecule has 0 bridgehead atoms. The van der Waals surface area contributed by atoms with Crippen molar-refractivity contribution in [2.75, 3.05) is 17.6 Å². The molecule has 1 aliphatic heterocycles. The second kappa shape index (κ2) is 6.13. The lowest BCUT2D eigenvalue weighted by atomic mass is 10.1. The van der Waals surface area contributed by atoms with E-state index in [2.05, 4.69) is 22.5 Å². The van der Waals surface area contributed by atoms with Crippen molar-refractivity contribution in [1.29, 1.82) is 0 Å². The van der Waals surface area contributed by atoms with Crippen LogP contribution < -0.4 is 10.6 Å². The minimum absolute atomic E-state index is 0.0427. The second-order valence-corrected chi connectivity index (χ2v) is 6.66. The number of nitrogens with zero attached hydrogens (tertiary/aromatic N) is 1. The van der Waals surface area contributed by atoms with Gasteiger partial charge in [-0.15, -0.1) is 0 Å². The van der Waals surface area contributed by atoms with Crippen LogP contribution in [0.5, 0.6) is 0 Å². The fourth-order valence-corrected chi connectivity index (χ4v) is 3.29. The highest BCUT2D eigenvalue weighted by Crippen LogP contribution is 2.36. The third-order valence-corrected chi connectivity index (χ3v) is 4.70. The minimum Gasteiger partial charge on any atom is -0.478 e. The van der Waals surface area contributed by atoms with E-state index in [1.54, 1.807) is 0 Å². The standard InChI is InChI=1S/C13H17N3O3S/c1-13(3-2-4-20-13)8-15-12(19)16-10-5-9(11(17)18)6-14-7-10/h5-7H,2-4,8H2,1H3,(H,17,18)(H2,15,16,19). The largest absolute Gasteiger partial charge is 0.478 e. The average Bonchev–Trinajstić information content (AvgIpc) is 2.84. The first-order valence-corrected chi connectivity index (χ1v) is 7.34. The highest BCUT2D eigenvalue weighted by Gasteiger charge is 2.29. The molecule has 1 aromatic rings. The molecule has 2 rings (SSSR count). The van der Waals surface area contributed by atoms with Crippen LogP contribution in [0.2, 0.25) is 0 Å². The van der Waals surface area contributed by atoms with E-state index < -0.39 is 5.97 Å². The molecule has 1 unspecified atom stereocenters. The lowest BCUT2D eigenvalue weighted by Gasteiger charge is -2.22. The number of thioether (sulfide) groups is 1. The Labute approximate surface area is 121 Å². The molecule has 2 amide bonds. The normalized spacial score (nSPS) is 21.4. The molecular formula is C13H17N3O3S. The van der Waals surface area contributed by atoms with Crippen LogP contribution >= 0.6 is 11.8 Å². The molecule has 1 fully saturated rings. The predicted octanol–water partition coefficient (Wildman–Crippen LogP) is 2.19. The van der Waals surface area contributed by atoms with Gasteiger partial charge in [0.25, 0.3) is 0 Å². The van der Waals surface area contributed by atoms with Crippen molar-refractivity contribution in [2.45, 2.75) is 24.5 Å². The fourth-order valence-electron chi connectivity index (χ4n) is 2.04. The number of carboxylic acid groups (broad SMARTS) is 1. The van der Waals surface area contributed by atoms with Gasteiger partial charge in [-0.25, -0.2) is 9.59 Å². The van der Waals surface area contributed by atoms with Crippen molar-refractivity contribution in [1.82, 2.24) is 10.3 Å². The van der Waals surface area contributed by atoms with Crippen LogP contribution in [0.3, 0.4) is 0 Å². The van der Waals surface area contributed by atoms with Gasteiger partial charge in [-0.2, -0.15) is 11.8 Å². The summed E-state index contributed by atoms with van der Waals surface area (Å²) < 4.78 is 0.0957. The maximum Gasteiger partial charge on any atom is 0.337 e. The fraction of sp³-hybridized carbons (Fsp3) is 0.462. The molecule has 1 atom stereocenters. The molecule has 0 spiro atoms. The molecule has 2 heterocycles. The van der Waals surface area contributed by atoms with Gasteiger partial charge in [0.1, 0.15) is 0 Å². The summed E-state index contributed by atoms with van der Waals surface area (Å²) in [5.41, 5.74) is 0.410. The van der Waals surface area contributed by atoms with E-state index in [-0.39, 0.29) is 16.3 Å². The van der Waals surface area contributed by atoms with Crippen LogP contribution in [0, 0.1) is 0 Å². The zero-order valence-corrected chi connectivity index (χ0v) is 12.0. The Hall–Kier alpha value is -1.76. The summed E-state index contributed by atoms with van der Waals surface area (Å²) in [7, 11) is 0. The Morgan fingerprint density at radius 3 is 2.95 bits per heavy atom. The summed E-state index contributed by atoms with van der Waals surface area (Å²) >= 11 is 1.87. The monoisotopic (exact) mass is 295 g/mol. The number of urea groups is 1. The third kappa shape index (κ3) is 3.86. The minimum atomic E-state index is -1.07. The van der Waals surface area contributed by atoms with Gasteiger partial charge in [-0.3, -0.25) is 4.98 Å². The Bertz CT molecular complexity index is 515. The first kappa shape index (κ1) is 14.6. The molecule has 1 aromatic heterocycles. The Balaban J connectivity index is 1.88. The molecular weight excluding hydrogens is 278 g/mol. The van der Waals surface area contributed by atoms with Gasteiger partial charge in [0.2, 0.25) is 0 Å². The van der Waals surface area contributed by atoms with Gasteiger partial charge in [-0.1, -0.05) is 0 Å². The van der Waals surface area contributed by atoms with Crippen LogP contribution in [0.4, 0.5) is 10.5 Å². The number of rotatable bonds is 4. The van der Waals surface area contributed by atoms with Gasteiger partial charge < -0.3 is 15.7 Å². The number of aromatic nitrogens is 1. The van der Waals surface area contributed by atoms with Gasteiger partial charge in [0.15, 0.2) is 0 Å². The molecule has 108 valence electrons. The SMILES string of the molecule is CC1(CNC(=O)Nc2cncc(C(=O)O)c2)CCCS1. The smallest absolute Gasteiger partial charge is 0.337 e. The molecule has 1 saturated heterocycles. The topological polar surface area (TPSA) is 91.3 Å². The molecule has 1 aliphatic rings. The van der Waals surface area contributed by atoms with Crippen LogP contribution in [0.25, 0.3) is 0 Å². The Morgan fingerprint density at radius 1 is 1.50 bits per heavy atom. The number of pyridine rings is 1. The van der Waals surface area contributed by atoms with Crippen molar-refractivity contribution in [3.8, 4) is 0 Å². The molecule has 7 heteroatoms. The molecule has 0 saturated carbocycles. The number of hydrogen-bond donors (Lipinski definition) is 3. The maximum atomic E-state index is 11.8. The summed E-state index contributed by atoms with van der Waals surface area (Å²) in [5.74, 6) is 0.0566. The van der Waals surface area contributed by atoms with Crippen LogP contribution in [0.1, 0.15) is 30.1 Å². The summed E-state index contributed by atoms with van der Waals surface area (Å²) in [4.78, 5) is 26.4. The second-order valence-electron chi connectivity index (χ2n) is 4.98. The first-order chi connectivity index (χ1) is 9.48. The number of amides is 2. The number of carbonyl (C=O) groups is 2. The zero-order chi connectivity index (χ0) is 14.6. The van der Waals surface area contributed by atoms with E-state index in [9.17, 15) is 9.59 Å². The van der Waals surface area contributed by atoms with Gasteiger partial charge in [0, 0.05) is 17.5 Å². The summed E-state index contributed by atoms with van der Waals surface area (Å²) in [5, 5.41) is 14.3. The first-order valence-electron chi connectivity index (χ1n) is 6.36. The van der Waals surface area contributed by atoms with E-state index in [0.29, 0.717) is 12.2 Å². The van der Waals surface area contributed by atoms with E-state index in [4.69, 9.17) is 5.11 Å². The number of aromatic carboxylic acids is 1. The van der Waals surface area contributed by atoms with Crippen LogP contribution in [-0.4, -0.2) is 39.1 Å². The molecule has 0 aromatic carbocycles. The van der Waals surface area contributed by atoms with E-state index in [1.165, 1.54) is 24.9 Å². The van der Waals surface area contributed by atoms with Crippen LogP contribution in [0.15, 0.2) is 18.5 Å². The van der Waals surface area contributed by atoms with Gasteiger partial charge >= 0.3 is 12.0 Å². The Kier molecular flexibility index (Phi) is 4.49. The van der Waals surface area contributed by atoms with Crippen LogP contribution in [-0.2, 0) is 0 Å². The predicted molar refractivity (Wildman–Crippen MR) is 78.3 cm³/mol. The van der Waals surface area contributed by atoms with Crippen molar-refractivity contribution >= 4 is 29.4 Å². The molecule has 0 radical (unpaired) electrons. The molecule has 6 nitrogen and oxygen atoms in total. The van der Waals surface area contributed by atoms with E-state index in [1.807, 2.05) is 11.8 Å². The zero-order valence-electron chi connectivity index (χ0n) is 11.2. The van der Waals surface area contributed by atoms with E-state index >= 15 is 0 Å². The van der Waals surface area contributed by atoms with Crippen molar-refractivity contribution in [3.05, 3.63) is 24.0 Å². The number of carbonyl (C=O) groups excluding carboxylic acids is 1. The number of anilines is 1. The number of nitrogens with one attached hydrogen (secondary N) is 2. The lowest BCUT2D eigenvalue weighted by molar-refractivity contribution is 0.0696. The lowest BCUT2D eigenvalue weighted by Crippen LogP contribution is -2.39. The summed E-state index contributed by atoms with van der Waals surface area (Å²) in [6, 6.07) is 1.03. The summed E-state index contributed by atoms with van der Waals surface area (Å²) in [6.07, 6.45) is 4.92. The molecule has 20 heavy (non-hydrogen) atoms. The van der Waals surface area contributed by atoms with Gasteiger partial charge in [-0.05, 0) is 31.6 Å². The van der Waals surface area contributed by atoms with Crippen molar-refractivity contribution in [2.24, 2.45) is 0 Å².